The molecule has 2 aromatic heterocycles. The first kappa shape index (κ1) is 24.7. The minimum atomic E-state index is -4.57. The molecule has 9 heteroatoms. The van der Waals surface area contributed by atoms with Gasteiger partial charge in [0.05, 0.1) is 11.6 Å². The Morgan fingerprint density at radius 2 is 1.86 bits per heavy atom. The SMILES string of the molecule is CC(C)OC(=O)Nc1ccc(-c2cc3ccc(Oc4ncccc4C(F)(F)F)cc3n2CC2CC2)cc1. The quantitative estimate of drug-likeness (QED) is 0.275. The van der Waals surface area contributed by atoms with Crippen LogP contribution in [0.5, 0.6) is 11.6 Å². The lowest BCUT2D eigenvalue weighted by Gasteiger charge is -2.14. The monoisotopic (exact) mass is 509 g/mol. The summed E-state index contributed by atoms with van der Waals surface area (Å²) in [5.41, 5.74) is 2.49. The van der Waals surface area contributed by atoms with E-state index in [2.05, 4.69) is 20.9 Å². The standard InChI is InChI=1S/C28H26F3N3O3/c1-17(2)36-27(35)33-21-10-7-19(8-11-21)24-14-20-9-12-22(15-25(20)34(24)16-18-5-6-18)37-26-23(28(29,30)31)4-3-13-32-26/h3-4,7-15,17-18H,5-6,16H2,1-2H3,(H,33,35). The van der Waals surface area contributed by atoms with E-state index in [1.807, 2.05) is 30.3 Å². The molecule has 2 aromatic carbocycles. The second kappa shape index (κ2) is 9.80. The molecule has 0 bridgehead atoms. The highest BCUT2D eigenvalue weighted by molar-refractivity contribution is 5.89. The summed E-state index contributed by atoms with van der Waals surface area (Å²) in [7, 11) is 0. The van der Waals surface area contributed by atoms with Gasteiger partial charge in [0.1, 0.15) is 11.3 Å². The van der Waals surface area contributed by atoms with Crippen molar-refractivity contribution in [2.24, 2.45) is 5.92 Å². The van der Waals surface area contributed by atoms with Crippen LogP contribution >= 0.6 is 0 Å². The van der Waals surface area contributed by atoms with E-state index in [0.717, 1.165) is 47.6 Å². The Balaban J connectivity index is 1.47. The zero-order valence-corrected chi connectivity index (χ0v) is 20.4. The van der Waals surface area contributed by atoms with Crippen LogP contribution in [0.2, 0.25) is 0 Å². The van der Waals surface area contributed by atoms with Crippen molar-refractivity contribution in [3.63, 3.8) is 0 Å². The highest BCUT2D eigenvalue weighted by Crippen LogP contribution is 2.39. The molecule has 192 valence electrons. The van der Waals surface area contributed by atoms with Crippen LogP contribution < -0.4 is 10.1 Å². The highest BCUT2D eigenvalue weighted by atomic mass is 19.4. The number of nitrogens with one attached hydrogen (secondary N) is 1. The lowest BCUT2D eigenvalue weighted by molar-refractivity contribution is -0.138. The van der Waals surface area contributed by atoms with E-state index in [1.165, 1.54) is 12.3 Å². The van der Waals surface area contributed by atoms with Crippen molar-refractivity contribution >= 4 is 22.7 Å². The smallest absolute Gasteiger partial charge is 0.421 e. The zero-order valence-electron chi connectivity index (χ0n) is 20.4. The van der Waals surface area contributed by atoms with Crippen molar-refractivity contribution < 1.29 is 27.4 Å². The molecule has 1 N–H and O–H groups in total. The van der Waals surface area contributed by atoms with Gasteiger partial charge in [0.15, 0.2) is 0 Å². The van der Waals surface area contributed by atoms with Gasteiger partial charge in [0.25, 0.3) is 0 Å². The average Bonchev–Trinajstić information content (AvgIpc) is 3.59. The van der Waals surface area contributed by atoms with Crippen LogP contribution in [0.1, 0.15) is 32.3 Å². The third-order valence-corrected chi connectivity index (χ3v) is 6.07. The summed E-state index contributed by atoms with van der Waals surface area (Å²) in [5.74, 6) is 0.355. The molecule has 1 aliphatic rings. The predicted octanol–water partition coefficient (Wildman–Crippen LogP) is 7.88. The van der Waals surface area contributed by atoms with Crippen LogP contribution in [0.4, 0.5) is 23.7 Å². The van der Waals surface area contributed by atoms with Crippen molar-refractivity contribution in [3.8, 4) is 22.9 Å². The molecule has 0 spiro atoms. The van der Waals surface area contributed by atoms with Crippen LogP contribution in [-0.2, 0) is 17.5 Å². The van der Waals surface area contributed by atoms with Gasteiger partial charge in [-0.1, -0.05) is 12.1 Å². The summed E-state index contributed by atoms with van der Waals surface area (Å²) in [6.45, 7) is 4.35. The molecule has 6 nitrogen and oxygen atoms in total. The Morgan fingerprint density at radius 3 is 2.54 bits per heavy atom. The van der Waals surface area contributed by atoms with Gasteiger partial charge in [-0.25, -0.2) is 9.78 Å². The van der Waals surface area contributed by atoms with E-state index in [-0.39, 0.29) is 11.9 Å². The molecule has 1 aliphatic carbocycles. The van der Waals surface area contributed by atoms with E-state index in [9.17, 15) is 18.0 Å². The van der Waals surface area contributed by atoms with Gasteiger partial charge in [0.2, 0.25) is 5.88 Å². The maximum Gasteiger partial charge on any atom is 0.421 e. The first-order valence-electron chi connectivity index (χ1n) is 12.1. The number of nitrogens with zero attached hydrogens (tertiary/aromatic N) is 2. The number of aromatic nitrogens is 2. The van der Waals surface area contributed by atoms with Crippen molar-refractivity contribution in [1.29, 1.82) is 0 Å². The summed E-state index contributed by atoms with van der Waals surface area (Å²) in [6.07, 6.45) is -1.75. The molecule has 0 saturated heterocycles. The molecule has 0 atom stereocenters. The van der Waals surface area contributed by atoms with Crippen LogP contribution in [0, 0.1) is 5.92 Å². The van der Waals surface area contributed by atoms with E-state index in [0.29, 0.717) is 11.6 Å². The van der Waals surface area contributed by atoms with Crippen LogP contribution in [-0.4, -0.2) is 21.7 Å². The number of carbonyl (C=O) groups is 1. The number of anilines is 1. The summed E-state index contributed by atoms with van der Waals surface area (Å²) in [5, 5.41) is 3.66. The largest absolute Gasteiger partial charge is 0.447 e. The lowest BCUT2D eigenvalue weighted by atomic mass is 10.1. The summed E-state index contributed by atoms with van der Waals surface area (Å²) in [6, 6.07) is 17.0. The van der Waals surface area contributed by atoms with Gasteiger partial charge >= 0.3 is 12.3 Å². The number of halogens is 3. The first-order chi connectivity index (χ1) is 17.7. The Kier molecular flexibility index (Phi) is 6.54. The van der Waals surface area contributed by atoms with Crippen molar-refractivity contribution in [1.82, 2.24) is 9.55 Å². The first-order valence-corrected chi connectivity index (χ1v) is 12.1. The van der Waals surface area contributed by atoms with Gasteiger partial charge in [-0.3, -0.25) is 5.32 Å². The minimum absolute atomic E-state index is 0.219. The number of amides is 1. The van der Waals surface area contributed by atoms with Gasteiger partial charge in [-0.15, -0.1) is 0 Å². The second-order valence-electron chi connectivity index (χ2n) is 9.42. The highest BCUT2D eigenvalue weighted by Gasteiger charge is 2.35. The van der Waals surface area contributed by atoms with Gasteiger partial charge in [-0.05, 0) is 80.6 Å². The normalized spacial score (nSPS) is 13.7. The van der Waals surface area contributed by atoms with E-state index < -0.39 is 23.7 Å². The van der Waals surface area contributed by atoms with E-state index in [1.54, 1.807) is 26.0 Å². The molecule has 37 heavy (non-hydrogen) atoms. The Morgan fingerprint density at radius 1 is 1.11 bits per heavy atom. The molecule has 0 aliphatic heterocycles. The number of hydrogen-bond donors (Lipinski definition) is 1. The maximum atomic E-state index is 13.4. The third kappa shape index (κ3) is 5.71. The Bertz CT molecular complexity index is 1420. The molecule has 0 unspecified atom stereocenters. The van der Waals surface area contributed by atoms with E-state index in [4.69, 9.17) is 9.47 Å². The third-order valence-electron chi connectivity index (χ3n) is 6.07. The molecular weight excluding hydrogens is 483 g/mol. The fourth-order valence-corrected chi connectivity index (χ4v) is 4.18. The molecule has 1 saturated carbocycles. The van der Waals surface area contributed by atoms with Crippen molar-refractivity contribution in [2.75, 3.05) is 5.32 Å². The maximum absolute atomic E-state index is 13.4. The van der Waals surface area contributed by atoms with Gasteiger partial charge in [-0.2, -0.15) is 13.2 Å². The van der Waals surface area contributed by atoms with Crippen LogP contribution in [0.25, 0.3) is 22.2 Å². The summed E-state index contributed by atoms with van der Waals surface area (Å²) < 4.78 is 53.2. The average molecular weight is 510 g/mol. The Labute approximate surface area is 212 Å². The number of fused-ring (bicyclic) bond motifs is 1. The van der Waals surface area contributed by atoms with Crippen molar-refractivity contribution in [3.05, 3.63) is 72.4 Å². The molecule has 0 radical (unpaired) electrons. The Hall–Kier alpha value is -4.01. The minimum Gasteiger partial charge on any atom is -0.447 e. The zero-order chi connectivity index (χ0) is 26.2. The summed E-state index contributed by atoms with van der Waals surface area (Å²) in [4.78, 5) is 15.7. The molecule has 4 aromatic rings. The van der Waals surface area contributed by atoms with Gasteiger partial charge < -0.3 is 14.0 Å². The molecule has 2 heterocycles. The van der Waals surface area contributed by atoms with Crippen molar-refractivity contribution in [2.45, 2.75) is 45.5 Å². The van der Waals surface area contributed by atoms with Crippen LogP contribution in [0.3, 0.4) is 0 Å². The number of pyridine rings is 1. The number of alkyl halides is 3. The predicted molar refractivity (Wildman–Crippen MR) is 135 cm³/mol. The number of carbonyl (C=O) groups excluding carboxylic acids is 1. The lowest BCUT2D eigenvalue weighted by Crippen LogP contribution is -2.17. The topological polar surface area (TPSA) is 65.4 Å². The number of hydrogen-bond acceptors (Lipinski definition) is 4. The number of benzene rings is 2. The van der Waals surface area contributed by atoms with Crippen LogP contribution in [0.15, 0.2) is 66.9 Å². The second-order valence-corrected chi connectivity index (χ2v) is 9.42. The number of ether oxygens (including phenoxy) is 2. The molecule has 1 amide bonds. The molecular formula is C28H26F3N3O3. The van der Waals surface area contributed by atoms with E-state index >= 15 is 0 Å². The fraction of sp³-hybridized carbons (Fsp3) is 0.286. The molecule has 1 fully saturated rings. The summed E-state index contributed by atoms with van der Waals surface area (Å²) >= 11 is 0. The molecule has 5 rings (SSSR count). The van der Waals surface area contributed by atoms with Gasteiger partial charge in [0, 0.05) is 35.6 Å². The number of rotatable bonds is 7. The fourth-order valence-electron chi connectivity index (χ4n) is 4.18.